The Kier molecular flexibility index (Phi) is 2.91. The van der Waals surface area contributed by atoms with E-state index < -0.39 is 5.82 Å². The Hall–Kier alpha value is -2.17. The summed E-state index contributed by atoms with van der Waals surface area (Å²) in [7, 11) is 0. The highest BCUT2D eigenvalue weighted by Gasteiger charge is 2.10. The number of hydrogen-bond donors (Lipinski definition) is 1. The monoisotopic (exact) mass is 233 g/mol. The maximum atomic E-state index is 13.6. The minimum atomic E-state index is -0.554. The number of aryl methyl sites for hydroxylation is 2. The third-order valence-electron chi connectivity index (χ3n) is 2.39. The van der Waals surface area contributed by atoms with Crippen LogP contribution in [-0.4, -0.2) is 9.97 Å². The average Bonchev–Trinajstić information content (AvgIpc) is 2.30. The van der Waals surface area contributed by atoms with E-state index in [0.29, 0.717) is 11.4 Å². The normalized spacial score (nSPS) is 10.3. The maximum Gasteiger partial charge on any atom is 0.259 e. The lowest BCUT2D eigenvalue weighted by Crippen LogP contribution is -1.97. The molecule has 88 valence electrons. The summed E-state index contributed by atoms with van der Waals surface area (Å²) >= 11 is 0. The van der Waals surface area contributed by atoms with Gasteiger partial charge in [-0.05, 0) is 37.6 Å². The quantitative estimate of drug-likeness (QED) is 0.810. The molecule has 0 fully saturated rings. The smallest absolute Gasteiger partial charge is 0.259 e. The number of nitrogen functional groups attached to an aromatic ring is 1. The molecule has 2 N–H and O–H groups in total. The van der Waals surface area contributed by atoms with Gasteiger partial charge in [-0.3, -0.25) is 0 Å². The highest BCUT2D eigenvalue weighted by molar-refractivity contribution is 5.50. The lowest BCUT2D eigenvalue weighted by Gasteiger charge is -2.08. The summed E-state index contributed by atoms with van der Waals surface area (Å²) in [6.07, 6.45) is 1.26. The molecule has 1 aromatic carbocycles. The Morgan fingerprint density at radius 2 is 2.00 bits per heavy atom. The molecule has 0 radical (unpaired) electrons. The molecule has 4 nitrogen and oxygen atoms in total. The number of anilines is 1. The van der Waals surface area contributed by atoms with E-state index in [1.165, 1.54) is 6.33 Å². The van der Waals surface area contributed by atoms with Gasteiger partial charge >= 0.3 is 0 Å². The predicted octanol–water partition coefficient (Wildman–Crippen LogP) is 2.61. The first-order chi connectivity index (χ1) is 8.08. The van der Waals surface area contributed by atoms with Crippen LogP contribution in [-0.2, 0) is 0 Å². The number of nitrogens with two attached hydrogens (primary N) is 1. The zero-order chi connectivity index (χ0) is 12.4. The SMILES string of the molecule is Cc1cc(Oc2ncnc(C)c2F)ccc1N. The van der Waals surface area contributed by atoms with Crippen LogP contribution in [0.4, 0.5) is 10.1 Å². The molecule has 0 aliphatic rings. The molecule has 0 bridgehead atoms. The summed E-state index contributed by atoms with van der Waals surface area (Å²) < 4.78 is 18.9. The molecule has 0 saturated heterocycles. The van der Waals surface area contributed by atoms with E-state index >= 15 is 0 Å². The molecule has 1 aromatic heterocycles. The number of benzene rings is 1. The highest BCUT2D eigenvalue weighted by Crippen LogP contribution is 2.25. The van der Waals surface area contributed by atoms with Crippen molar-refractivity contribution in [3.63, 3.8) is 0 Å². The van der Waals surface area contributed by atoms with Gasteiger partial charge in [0.2, 0.25) is 5.82 Å². The van der Waals surface area contributed by atoms with Gasteiger partial charge in [-0.2, -0.15) is 9.37 Å². The van der Waals surface area contributed by atoms with E-state index in [1.807, 2.05) is 6.92 Å². The number of rotatable bonds is 2. The van der Waals surface area contributed by atoms with Crippen molar-refractivity contribution in [2.45, 2.75) is 13.8 Å². The van der Waals surface area contributed by atoms with Crippen LogP contribution in [0.5, 0.6) is 11.6 Å². The molecule has 2 rings (SSSR count). The number of hydrogen-bond acceptors (Lipinski definition) is 4. The van der Waals surface area contributed by atoms with E-state index in [2.05, 4.69) is 9.97 Å². The van der Waals surface area contributed by atoms with Crippen molar-refractivity contribution >= 4 is 5.69 Å². The van der Waals surface area contributed by atoms with Crippen LogP contribution in [0.15, 0.2) is 24.5 Å². The Morgan fingerprint density at radius 3 is 2.71 bits per heavy atom. The summed E-state index contributed by atoms with van der Waals surface area (Å²) in [5.41, 5.74) is 7.47. The van der Waals surface area contributed by atoms with Crippen LogP contribution in [0.25, 0.3) is 0 Å². The third-order valence-corrected chi connectivity index (χ3v) is 2.39. The molecular formula is C12H12FN3O. The molecule has 0 amide bonds. The minimum absolute atomic E-state index is 0.0818. The van der Waals surface area contributed by atoms with Crippen LogP contribution < -0.4 is 10.5 Å². The van der Waals surface area contributed by atoms with Crippen molar-refractivity contribution in [3.05, 3.63) is 41.6 Å². The zero-order valence-electron chi connectivity index (χ0n) is 9.57. The predicted molar refractivity (Wildman–Crippen MR) is 62.4 cm³/mol. The molecule has 0 atom stereocenters. The van der Waals surface area contributed by atoms with Gasteiger partial charge in [-0.1, -0.05) is 0 Å². The largest absolute Gasteiger partial charge is 0.436 e. The van der Waals surface area contributed by atoms with E-state index in [0.717, 1.165) is 5.56 Å². The number of nitrogens with zero attached hydrogens (tertiary/aromatic N) is 2. The van der Waals surface area contributed by atoms with E-state index in [-0.39, 0.29) is 11.6 Å². The van der Waals surface area contributed by atoms with Crippen molar-refractivity contribution in [2.75, 3.05) is 5.73 Å². The molecule has 17 heavy (non-hydrogen) atoms. The summed E-state index contributed by atoms with van der Waals surface area (Å²) in [4.78, 5) is 7.47. The molecule has 0 aliphatic carbocycles. The molecule has 0 aliphatic heterocycles. The van der Waals surface area contributed by atoms with Gasteiger partial charge in [0.15, 0.2) is 0 Å². The topological polar surface area (TPSA) is 61.0 Å². The lowest BCUT2D eigenvalue weighted by atomic mass is 10.2. The van der Waals surface area contributed by atoms with Gasteiger partial charge < -0.3 is 10.5 Å². The standard InChI is InChI=1S/C12H12FN3O/c1-7-5-9(3-4-10(7)14)17-12-11(13)8(2)15-6-16-12/h3-6H,14H2,1-2H3. The average molecular weight is 233 g/mol. The Balaban J connectivity index is 2.31. The van der Waals surface area contributed by atoms with E-state index in [1.54, 1.807) is 25.1 Å². The molecular weight excluding hydrogens is 221 g/mol. The van der Waals surface area contributed by atoms with Crippen LogP contribution in [0.2, 0.25) is 0 Å². The fraction of sp³-hybridized carbons (Fsp3) is 0.167. The molecule has 2 aromatic rings. The van der Waals surface area contributed by atoms with Crippen LogP contribution in [0.1, 0.15) is 11.3 Å². The lowest BCUT2D eigenvalue weighted by molar-refractivity contribution is 0.416. The van der Waals surface area contributed by atoms with E-state index in [9.17, 15) is 4.39 Å². The van der Waals surface area contributed by atoms with Gasteiger partial charge in [0.05, 0.1) is 5.69 Å². The summed E-state index contributed by atoms with van der Waals surface area (Å²) in [5, 5.41) is 0. The first-order valence-electron chi connectivity index (χ1n) is 5.09. The van der Waals surface area contributed by atoms with Crippen molar-refractivity contribution in [3.8, 4) is 11.6 Å². The van der Waals surface area contributed by atoms with Crippen molar-refractivity contribution in [1.29, 1.82) is 0 Å². The first-order valence-corrected chi connectivity index (χ1v) is 5.09. The number of halogens is 1. The second-order valence-corrected chi connectivity index (χ2v) is 3.70. The Bertz CT molecular complexity index is 557. The van der Waals surface area contributed by atoms with Crippen LogP contribution >= 0.6 is 0 Å². The minimum Gasteiger partial charge on any atom is -0.436 e. The second kappa shape index (κ2) is 4.37. The van der Waals surface area contributed by atoms with Crippen molar-refractivity contribution < 1.29 is 9.13 Å². The number of aromatic nitrogens is 2. The fourth-order valence-corrected chi connectivity index (χ4v) is 1.33. The maximum absolute atomic E-state index is 13.6. The first kappa shape index (κ1) is 11.3. The van der Waals surface area contributed by atoms with Crippen LogP contribution in [0.3, 0.4) is 0 Å². The van der Waals surface area contributed by atoms with Gasteiger partial charge in [0.25, 0.3) is 5.88 Å². The van der Waals surface area contributed by atoms with Crippen molar-refractivity contribution in [2.24, 2.45) is 0 Å². The highest BCUT2D eigenvalue weighted by atomic mass is 19.1. The molecule has 0 unspecified atom stereocenters. The fourth-order valence-electron chi connectivity index (χ4n) is 1.33. The summed E-state index contributed by atoms with van der Waals surface area (Å²) in [5.74, 6) is -0.141. The van der Waals surface area contributed by atoms with Crippen LogP contribution in [0, 0.1) is 19.7 Å². The van der Waals surface area contributed by atoms with E-state index in [4.69, 9.17) is 10.5 Å². The number of ether oxygens (including phenoxy) is 1. The van der Waals surface area contributed by atoms with Gasteiger partial charge in [-0.25, -0.2) is 4.98 Å². The summed E-state index contributed by atoms with van der Waals surface area (Å²) in [6.45, 7) is 3.40. The van der Waals surface area contributed by atoms with Gasteiger partial charge in [-0.15, -0.1) is 0 Å². The van der Waals surface area contributed by atoms with Gasteiger partial charge in [0.1, 0.15) is 12.1 Å². The van der Waals surface area contributed by atoms with Gasteiger partial charge in [0, 0.05) is 5.69 Å². The molecule has 0 saturated carbocycles. The Morgan fingerprint density at radius 1 is 1.24 bits per heavy atom. The Labute approximate surface area is 98.3 Å². The third kappa shape index (κ3) is 2.33. The molecule has 5 heteroatoms. The molecule has 1 heterocycles. The molecule has 0 spiro atoms. The second-order valence-electron chi connectivity index (χ2n) is 3.70. The summed E-state index contributed by atoms with van der Waals surface area (Å²) in [6, 6.07) is 5.10. The zero-order valence-corrected chi connectivity index (χ0v) is 9.57. The van der Waals surface area contributed by atoms with Crippen molar-refractivity contribution in [1.82, 2.24) is 9.97 Å².